The highest BCUT2D eigenvalue weighted by Gasteiger charge is 2.14. The van der Waals surface area contributed by atoms with Gasteiger partial charge in [0.05, 0.1) is 6.26 Å². The van der Waals surface area contributed by atoms with Crippen LogP contribution in [0.3, 0.4) is 0 Å². The molecular formula is C11H26N2O3S. The molecule has 0 aromatic carbocycles. The monoisotopic (exact) mass is 266 g/mol. The van der Waals surface area contributed by atoms with Gasteiger partial charge >= 0.3 is 0 Å². The van der Waals surface area contributed by atoms with Crippen molar-refractivity contribution < 1.29 is 13.2 Å². The number of sulfonamides is 1. The molecule has 17 heavy (non-hydrogen) atoms. The zero-order chi connectivity index (χ0) is 14.5. The van der Waals surface area contributed by atoms with E-state index in [1.807, 2.05) is 20.8 Å². The highest BCUT2D eigenvalue weighted by molar-refractivity contribution is 7.88. The maximum Gasteiger partial charge on any atom is 0.217 e. The number of rotatable bonds is 1. The molecule has 0 saturated heterocycles. The maximum atomic E-state index is 10.5. The summed E-state index contributed by atoms with van der Waals surface area (Å²) in [4.78, 5) is 10.3. The first-order valence-electron chi connectivity index (χ1n) is 5.40. The molecule has 0 radical (unpaired) electrons. The molecule has 1 amide bonds. The Bertz CT molecular complexity index is 335. The summed E-state index contributed by atoms with van der Waals surface area (Å²) in [6.07, 6.45) is 1.15. The fourth-order valence-electron chi connectivity index (χ4n) is 1.08. The molecule has 104 valence electrons. The summed E-state index contributed by atoms with van der Waals surface area (Å²) in [6.45, 7) is 12.8. The summed E-state index contributed by atoms with van der Waals surface area (Å²) in [5, 5.41) is 2.74. The van der Waals surface area contributed by atoms with E-state index in [1.54, 1.807) is 20.8 Å². The third-order valence-electron chi connectivity index (χ3n) is 1.04. The van der Waals surface area contributed by atoms with E-state index in [4.69, 9.17) is 0 Å². The van der Waals surface area contributed by atoms with Crippen molar-refractivity contribution in [2.75, 3.05) is 6.26 Å². The molecule has 0 spiro atoms. The Morgan fingerprint density at radius 2 is 1.29 bits per heavy atom. The van der Waals surface area contributed by atoms with E-state index < -0.39 is 10.0 Å². The SMILES string of the molecule is CC(=O)NC(C)(C)C.CC(C)(C)NS(C)(=O)=O. The zero-order valence-electron chi connectivity index (χ0n) is 12.1. The van der Waals surface area contributed by atoms with Crippen molar-refractivity contribution in [3.05, 3.63) is 0 Å². The minimum Gasteiger partial charge on any atom is -0.352 e. The lowest BCUT2D eigenvalue weighted by atomic mass is 10.1. The summed E-state index contributed by atoms with van der Waals surface area (Å²) in [5.74, 6) is 0.0255. The minimum absolute atomic E-state index is 0.0255. The van der Waals surface area contributed by atoms with Gasteiger partial charge in [0.2, 0.25) is 15.9 Å². The van der Waals surface area contributed by atoms with Crippen LogP contribution in [-0.4, -0.2) is 31.7 Å². The van der Waals surface area contributed by atoms with Gasteiger partial charge in [-0.15, -0.1) is 0 Å². The van der Waals surface area contributed by atoms with Crippen LogP contribution < -0.4 is 10.0 Å². The minimum atomic E-state index is -3.03. The third-order valence-corrected chi connectivity index (χ3v) is 2.03. The smallest absolute Gasteiger partial charge is 0.217 e. The standard InChI is InChI=1S/C6H13NO.C5H13NO2S/c1-5(8)7-6(2,3)4;1-5(2,3)6-9(4,7)8/h1-4H3,(H,7,8);6H,1-4H3. The van der Waals surface area contributed by atoms with Crippen molar-refractivity contribution in [2.45, 2.75) is 59.5 Å². The first-order valence-corrected chi connectivity index (χ1v) is 7.29. The van der Waals surface area contributed by atoms with E-state index in [1.165, 1.54) is 6.92 Å². The Labute approximate surface area is 105 Å². The Balaban J connectivity index is 0. The highest BCUT2D eigenvalue weighted by atomic mass is 32.2. The molecular weight excluding hydrogens is 240 g/mol. The topological polar surface area (TPSA) is 75.3 Å². The highest BCUT2D eigenvalue weighted by Crippen LogP contribution is 1.99. The van der Waals surface area contributed by atoms with Crippen LogP contribution >= 0.6 is 0 Å². The molecule has 0 rings (SSSR count). The second-order valence-corrected chi connectivity index (χ2v) is 7.80. The number of nitrogens with one attached hydrogen (secondary N) is 2. The van der Waals surface area contributed by atoms with E-state index in [2.05, 4.69) is 10.0 Å². The molecule has 0 aliphatic rings. The summed E-state index contributed by atoms with van der Waals surface area (Å²) < 4.78 is 23.5. The van der Waals surface area contributed by atoms with Gasteiger partial charge in [0.25, 0.3) is 0 Å². The molecule has 0 aliphatic carbocycles. The molecule has 0 unspecified atom stereocenters. The Hall–Kier alpha value is -0.620. The average Bonchev–Trinajstić information content (AvgIpc) is 1.68. The van der Waals surface area contributed by atoms with Crippen molar-refractivity contribution in [3.8, 4) is 0 Å². The van der Waals surface area contributed by atoms with Crippen molar-refractivity contribution in [3.63, 3.8) is 0 Å². The van der Waals surface area contributed by atoms with E-state index in [-0.39, 0.29) is 17.0 Å². The largest absolute Gasteiger partial charge is 0.352 e. The molecule has 0 fully saturated rings. The van der Waals surface area contributed by atoms with Crippen LogP contribution in [0.5, 0.6) is 0 Å². The summed E-state index contributed by atoms with van der Waals surface area (Å²) in [5.41, 5.74) is -0.431. The molecule has 0 aliphatic heterocycles. The fraction of sp³-hybridized carbons (Fsp3) is 0.909. The van der Waals surface area contributed by atoms with Crippen molar-refractivity contribution in [2.24, 2.45) is 0 Å². The van der Waals surface area contributed by atoms with Crippen molar-refractivity contribution in [1.82, 2.24) is 10.0 Å². The lowest BCUT2D eigenvalue weighted by Crippen LogP contribution is -2.39. The van der Waals surface area contributed by atoms with Crippen LogP contribution in [0.25, 0.3) is 0 Å². The Morgan fingerprint density at radius 3 is 1.29 bits per heavy atom. The van der Waals surface area contributed by atoms with Gasteiger partial charge in [-0.05, 0) is 41.5 Å². The molecule has 2 N–H and O–H groups in total. The summed E-state index contributed by atoms with van der Waals surface area (Å²) in [7, 11) is -3.03. The lowest BCUT2D eigenvalue weighted by Gasteiger charge is -2.18. The van der Waals surface area contributed by atoms with Gasteiger partial charge in [0.15, 0.2) is 0 Å². The third kappa shape index (κ3) is 25.6. The molecule has 5 nitrogen and oxygen atoms in total. The van der Waals surface area contributed by atoms with E-state index >= 15 is 0 Å². The van der Waals surface area contributed by atoms with E-state index in [0.29, 0.717) is 0 Å². The number of carbonyl (C=O) groups is 1. The lowest BCUT2D eigenvalue weighted by molar-refractivity contribution is -0.120. The van der Waals surface area contributed by atoms with Gasteiger partial charge in [-0.1, -0.05) is 0 Å². The molecule has 0 aromatic rings. The number of carbonyl (C=O) groups excluding carboxylic acids is 1. The summed E-state index contributed by atoms with van der Waals surface area (Å²) in [6, 6.07) is 0. The van der Waals surface area contributed by atoms with Crippen LogP contribution in [0.2, 0.25) is 0 Å². The first kappa shape index (κ1) is 18.7. The van der Waals surface area contributed by atoms with Crippen LogP contribution in [0.15, 0.2) is 0 Å². The zero-order valence-corrected chi connectivity index (χ0v) is 12.9. The predicted molar refractivity (Wildman–Crippen MR) is 71.3 cm³/mol. The summed E-state index contributed by atoms with van der Waals surface area (Å²) >= 11 is 0. The maximum absolute atomic E-state index is 10.5. The molecule has 6 heteroatoms. The quantitative estimate of drug-likeness (QED) is 0.750. The Kier molecular flexibility index (Phi) is 7.00. The van der Waals surface area contributed by atoms with Gasteiger partial charge < -0.3 is 5.32 Å². The van der Waals surface area contributed by atoms with Gasteiger partial charge in [-0.2, -0.15) is 0 Å². The van der Waals surface area contributed by atoms with Gasteiger partial charge in [-0.3, -0.25) is 4.79 Å². The number of hydrogen-bond acceptors (Lipinski definition) is 3. The number of hydrogen-bond donors (Lipinski definition) is 2. The molecule has 0 atom stereocenters. The second-order valence-electron chi connectivity index (χ2n) is 6.06. The second kappa shape index (κ2) is 6.35. The van der Waals surface area contributed by atoms with E-state index in [0.717, 1.165) is 6.26 Å². The van der Waals surface area contributed by atoms with Crippen LogP contribution in [0, 0.1) is 0 Å². The van der Waals surface area contributed by atoms with E-state index in [9.17, 15) is 13.2 Å². The molecule has 0 heterocycles. The van der Waals surface area contributed by atoms with Crippen molar-refractivity contribution >= 4 is 15.9 Å². The predicted octanol–water partition coefficient (Wildman–Crippen LogP) is 1.26. The van der Waals surface area contributed by atoms with Crippen LogP contribution in [0.1, 0.15) is 48.5 Å². The van der Waals surface area contributed by atoms with Crippen molar-refractivity contribution in [1.29, 1.82) is 0 Å². The first-order chi connectivity index (χ1) is 7.12. The van der Waals surface area contributed by atoms with Gasteiger partial charge in [0.1, 0.15) is 0 Å². The normalized spacial score (nSPS) is 12.5. The number of amides is 1. The van der Waals surface area contributed by atoms with Crippen LogP contribution in [0.4, 0.5) is 0 Å². The Morgan fingerprint density at radius 1 is 0.941 bits per heavy atom. The van der Waals surface area contributed by atoms with Gasteiger partial charge in [-0.25, -0.2) is 13.1 Å². The molecule has 0 aromatic heterocycles. The van der Waals surface area contributed by atoms with Crippen LogP contribution in [-0.2, 0) is 14.8 Å². The average molecular weight is 266 g/mol. The fourth-order valence-corrected chi connectivity index (χ4v) is 2.20. The molecule has 0 saturated carbocycles. The van der Waals surface area contributed by atoms with Gasteiger partial charge in [0, 0.05) is 18.0 Å². The molecule has 0 bridgehead atoms.